The van der Waals surface area contributed by atoms with Gasteiger partial charge in [0, 0.05) is 64.2 Å². The Morgan fingerprint density at radius 1 is 1.00 bits per heavy atom. The molecule has 0 unspecified atom stereocenters. The molecule has 0 atom stereocenters. The number of anilines is 3. The fraction of sp³-hybridized carbons (Fsp3) is 0.444. The van der Waals surface area contributed by atoms with Crippen molar-refractivity contribution in [3.05, 3.63) is 59.6 Å². The van der Waals surface area contributed by atoms with Crippen LogP contribution in [0.3, 0.4) is 0 Å². The third kappa shape index (κ3) is 4.12. The molecule has 0 radical (unpaired) electrons. The second-order valence-electron chi connectivity index (χ2n) is 10.1. The summed E-state index contributed by atoms with van der Waals surface area (Å²) in [5, 5.41) is 6.10. The number of carbonyl (C=O) groups is 2. The van der Waals surface area contributed by atoms with Gasteiger partial charge in [0.2, 0.25) is 0 Å². The van der Waals surface area contributed by atoms with Gasteiger partial charge in [0.25, 0.3) is 5.91 Å². The number of aromatic nitrogens is 1. The van der Waals surface area contributed by atoms with Crippen molar-refractivity contribution in [1.82, 2.24) is 20.5 Å². The van der Waals surface area contributed by atoms with Crippen LogP contribution < -0.4 is 25.3 Å². The molecule has 4 fully saturated rings. The zero-order valence-electron chi connectivity index (χ0n) is 20.8. The van der Waals surface area contributed by atoms with E-state index in [1.807, 2.05) is 34.2 Å². The van der Waals surface area contributed by atoms with E-state index in [4.69, 9.17) is 4.98 Å². The predicted octanol–water partition coefficient (Wildman–Crippen LogP) is 2.64. The van der Waals surface area contributed by atoms with E-state index in [1.54, 1.807) is 4.90 Å². The zero-order valence-corrected chi connectivity index (χ0v) is 20.8. The van der Waals surface area contributed by atoms with Crippen LogP contribution in [0.4, 0.5) is 22.0 Å². The quantitative estimate of drug-likeness (QED) is 0.675. The smallest absolute Gasteiger partial charge is 0.321 e. The summed E-state index contributed by atoms with van der Waals surface area (Å²) < 4.78 is 0. The van der Waals surface area contributed by atoms with Crippen molar-refractivity contribution in [1.29, 1.82) is 0 Å². The lowest BCUT2D eigenvalue weighted by Gasteiger charge is -2.36. The summed E-state index contributed by atoms with van der Waals surface area (Å²) in [6, 6.07) is 7.85. The van der Waals surface area contributed by atoms with Crippen LogP contribution in [0.1, 0.15) is 40.2 Å². The molecule has 188 valence electrons. The van der Waals surface area contributed by atoms with E-state index in [2.05, 4.69) is 35.1 Å². The maximum Gasteiger partial charge on any atom is 0.321 e. The fourth-order valence-electron chi connectivity index (χ4n) is 5.47. The normalized spacial score (nSPS) is 20.1. The molecule has 3 amide bonds. The molecule has 1 aromatic heterocycles. The molecule has 2 N–H and O–H groups in total. The number of hydrogen-bond acceptors (Lipinski definition) is 6. The first-order valence-corrected chi connectivity index (χ1v) is 12.9. The van der Waals surface area contributed by atoms with Gasteiger partial charge in [0.15, 0.2) is 0 Å². The van der Waals surface area contributed by atoms with Crippen LogP contribution in [0.25, 0.3) is 0 Å². The summed E-state index contributed by atoms with van der Waals surface area (Å²) in [5.74, 6) is 2.51. The molecule has 9 nitrogen and oxygen atoms in total. The predicted molar refractivity (Wildman–Crippen MR) is 141 cm³/mol. The number of carbonyl (C=O) groups excluding carboxylic acids is 2. The standard InChI is InChI=1S/C27H33N7O2/c1-18-15-21(20-3-4-20)17-30-25(18)31-11-13-32(14-12-31)26(35)23-6-5-22(34-10-8-29-27(34)36)16-24(23)33-9-7-28-19(33)2/h5-6,15-17,20,28H,2-4,7-14H2,1H3,(H,29,36). The van der Waals surface area contributed by atoms with Crippen molar-refractivity contribution in [3.8, 4) is 0 Å². The Kier molecular flexibility index (Phi) is 5.70. The number of hydrogen-bond donors (Lipinski definition) is 2. The first-order chi connectivity index (χ1) is 17.5. The number of urea groups is 1. The van der Waals surface area contributed by atoms with Crippen molar-refractivity contribution in [2.45, 2.75) is 25.7 Å². The molecule has 0 spiro atoms. The number of amides is 3. The second kappa shape index (κ2) is 9.04. The summed E-state index contributed by atoms with van der Waals surface area (Å²) in [6.45, 7) is 11.8. The number of nitrogens with zero attached hydrogens (tertiary/aromatic N) is 5. The van der Waals surface area contributed by atoms with Crippen molar-refractivity contribution in [3.63, 3.8) is 0 Å². The molecule has 2 aromatic rings. The van der Waals surface area contributed by atoms with Crippen LogP contribution in [0.15, 0.2) is 42.9 Å². The number of nitrogens with one attached hydrogen (secondary N) is 2. The Morgan fingerprint density at radius 3 is 2.39 bits per heavy atom. The molecule has 9 heteroatoms. The topological polar surface area (TPSA) is 84.0 Å². The SMILES string of the molecule is C=C1NCCN1c1cc(N2CCNC2=O)ccc1C(=O)N1CCN(c2ncc(C3CC3)cc2C)CC1. The van der Waals surface area contributed by atoms with Crippen molar-refractivity contribution < 1.29 is 9.59 Å². The van der Waals surface area contributed by atoms with E-state index >= 15 is 0 Å². The van der Waals surface area contributed by atoms with Crippen molar-refractivity contribution in [2.75, 3.05) is 67.1 Å². The van der Waals surface area contributed by atoms with Gasteiger partial charge in [-0.2, -0.15) is 0 Å². The fourth-order valence-corrected chi connectivity index (χ4v) is 5.47. The summed E-state index contributed by atoms with van der Waals surface area (Å²) in [6.07, 6.45) is 4.58. The molecule has 3 aliphatic heterocycles. The molecule has 4 aliphatic rings. The highest BCUT2D eigenvalue weighted by molar-refractivity contribution is 6.02. The lowest BCUT2D eigenvalue weighted by molar-refractivity contribution is 0.0747. The third-order valence-corrected chi connectivity index (χ3v) is 7.65. The van der Waals surface area contributed by atoms with E-state index in [-0.39, 0.29) is 11.9 Å². The van der Waals surface area contributed by atoms with Crippen LogP contribution in [0.2, 0.25) is 0 Å². The third-order valence-electron chi connectivity index (χ3n) is 7.65. The van der Waals surface area contributed by atoms with Gasteiger partial charge in [0.1, 0.15) is 5.82 Å². The average Bonchev–Trinajstić information content (AvgIpc) is 3.52. The minimum absolute atomic E-state index is 0.00976. The van der Waals surface area contributed by atoms with Gasteiger partial charge >= 0.3 is 6.03 Å². The molecule has 6 rings (SSSR count). The van der Waals surface area contributed by atoms with E-state index in [0.29, 0.717) is 37.7 Å². The Labute approximate surface area is 211 Å². The van der Waals surface area contributed by atoms with Crippen LogP contribution in [-0.2, 0) is 0 Å². The summed E-state index contributed by atoms with van der Waals surface area (Å²) >= 11 is 0. The molecule has 1 aliphatic carbocycles. The van der Waals surface area contributed by atoms with Gasteiger partial charge in [-0.3, -0.25) is 9.69 Å². The van der Waals surface area contributed by atoms with E-state index in [1.165, 1.54) is 24.0 Å². The lowest BCUT2D eigenvalue weighted by Crippen LogP contribution is -2.49. The highest BCUT2D eigenvalue weighted by Gasteiger charge is 2.30. The van der Waals surface area contributed by atoms with Crippen LogP contribution in [0, 0.1) is 6.92 Å². The van der Waals surface area contributed by atoms with E-state index in [9.17, 15) is 9.59 Å². The molecule has 4 heterocycles. The second-order valence-corrected chi connectivity index (χ2v) is 10.1. The molecular weight excluding hydrogens is 454 g/mol. The van der Waals surface area contributed by atoms with Gasteiger partial charge in [-0.15, -0.1) is 0 Å². The first-order valence-electron chi connectivity index (χ1n) is 12.9. The van der Waals surface area contributed by atoms with Gasteiger partial charge < -0.3 is 25.3 Å². The average molecular weight is 488 g/mol. The number of aryl methyl sites for hydroxylation is 1. The van der Waals surface area contributed by atoms with Crippen molar-refractivity contribution >= 4 is 29.1 Å². The zero-order chi connectivity index (χ0) is 24.8. The first kappa shape index (κ1) is 22.7. The molecule has 36 heavy (non-hydrogen) atoms. The van der Waals surface area contributed by atoms with E-state index < -0.39 is 0 Å². The minimum Gasteiger partial charge on any atom is -0.370 e. The molecule has 1 aromatic carbocycles. The van der Waals surface area contributed by atoms with Crippen LogP contribution >= 0.6 is 0 Å². The molecular formula is C27H33N7O2. The minimum atomic E-state index is -0.108. The molecule has 0 bridgehead atoms. The Balaban J connectivity index is 1.21. The van der Waals surface area contributed by atoms with Crippen LogP contribution in [-0.4, -0.2) is 74.2 Å². The summed E-state index contributed by atoms with van der Waals surface area (Å²) in [4.78, 5) is 38.7. The Bertz CT molecular complexity index is 1220. The largest absolute Gasteiger partial charge is 0.370 e. The van der Waals surface area contributed by atoms with Gasteiger partial charge in [-0.05, 0) is 55.0 Å². The number of pyridine rings is 1. The highest BCUT2D eigenvalue weighted by atomic mass is 16.2. The van der Waals surface area contributed by atoms with E-state index in [0.717, 1.165) is 49.2 Å². The lowest BCUT2D eigenvalue weighted by atomic mass is 10.1. The van der Waals surface area contributed by atoms with Gasteiger partial charge in [-0.1, -0.05) is 12.6 Å². The van der Waals surface area contributed by atoms with Gasteiger partial charge in [-0.25, -0.2) is 9.78 Å². The summed E-state index contributed by atoms with van der Waals surface area (Å²) in [5.41, 5.74) is 4.79. The maximum atomic E-state index is 13.7. The Hall–Kier alpha value is -3.75. The van der Waals surface area contributed by atoms with Crippen molar-refractivity contribution in [2.24, 2.45) is 0 Å². The molecule has 3 saturated heterocycles. The van der Waals surface area contributed by atoms with Crippen LogP contribution in [0.5, 0.6) is 0 Å². The number of piperazine rings is 1. The number of rotatable bonds is 5. The highest BCUT2D eigenvalue weighted by Crippen LogP contribution is 2.40. The maximum absolute atomic E-state index is 13.7. The monoisotopic (exact) mass is 487 g/mol. The number of benzene rings is 1. The summed E-state index contributed by atoms with van der Waals surface area (Å²) in [7, 11) is 0. The van der Waals surface area contributed by atoms with Gasteiger partial charge in [0.05, 0.1) is 17.1 Å². The Morgan fingerprint density at radius 2 is 1.75 bits per heavy atom. The molecule has 1 saturated carbocycles.